The second-order valence-corrected chi connectivity index (χ2v) is 9.17. The topological polar surface area (TPSA) is 108 Å². The minimum Gasteiger partial charge on any atom is -0.374 e. The molecule has 4 unspecified atom stereocenters. The summed E-state index contributed by atoms with van der Waals surface area (Å²) in [5.74, 6) is 0.0747. The van der Waals surface area contributed by atoms with E-state index in [0.29, 0.717) is 19.8 Å². The Morgan fingerprint density at radius 3 is 1.87 bits per heavy atom. The Hall–Kier alpha value is -3.47. The Balaban J connectivity index is 0.00000353. The van der Waals surface area contributed by atoms with Gasteiger partial charge in [0.25, 0.3) is 0 Å². The van der Waals surface area contributed by atoms with Crippen molar-refractivity contribution in [2.24, 2.45) is 10.7 Å². The smallest absolute Gasteiger partial charge is 0.327 e. The summed E-state index contributed by atoms with van der Waals surface area (Å²) >= 11 is 0. The highest BCUT2D eigenvalue weighted by atomic mass is 35.5. The van der Waals surface area contributed by atoms with E-state index in [2.05, 4.69) is 10.3 Å². The van der Waals surface area contributed by atoms with E-state index in [1.54, 1.807) is 0 Å². The zero-order valence-electron chi connectivity index (χ0n) is 21.4. The highest BCUT2D eigenvalue weighted by molar-refractivity contribution is 5.96. The normalized spacial score (nSPS) is 22.6. The van der Waals surface area contributed by atoms with Crippen LogP contribution in [-0.4, -0.2) is 54.7 Å². The number of carbonyl (C=O) groups is 1. The molecule has 1 saturated heterocycles. The quantitative estimate of drug-likeness (QED) is 0.374. The molecule has 10 heteroatoms. The predicted molar refractivity (Wildman–Crippen MR) is 149 cm³/mol. The van der Waals surface area contributed by atoms with Crippen LogP contribution in [0.25, 0.3) is 0 Å². The van der Waals surface area contributed by atoms with Crippen LogP contribution in [0.4, 0.5) is 4.79 Å². The van der Waals surface area contributed by atoms with Crippen LogP contribution >= 0.6 is 12.4 Å². The number of halogens is 1. The number of hydrogen-bond acceptors (Lipinski definition) is 7. The lowest BCUT2D eigenvalue weighted by Crippen LogP contribution is -2.57. The fraction of sp³-hybridized carbons (Fsp3) is 0.310. The molecule has 5 rings (SSSR count). The van der Waals surface area contributed by atoms with Crippen LogP contribution < -0.4 is 11.1 Å². The maximum absolute atomic E-state index is 12.8. The van der Waals surface area contributed by atoms with E-state index >= 15 is 0 Å². The first-order valence-corrected chi connectivity index (χ1v) is 12.6. The Kier molecular flexibility index (Phi) is 10.3. The lowest BCUT2D eigenvalue weighted by molar-refractivity contribution is -0.105. The Bertz CT molecular complexity index is 1200. The van der Waals surface area contributed by atoms with Gasteiger partial charge in [-0.1, -0.05) is 91.0 Å². The van der Waals surface area contributed by atoms with E-state index in [0.717, 1.165) is 16.7 Å². The van der Waals surface area contributed by atoms with Crippen molar-refractivity contribution in [3.05, 3.63) is 108 Å². The van der Waals surface area contributed by atoms with Crippen LogP contribution in [0.5, 0.6) is 0 Å². The van der Waals surface area contributed by atoms with Crippen LogP contribution in [0.15, 0.2) is 96.0 Å². The van der Waals surface area contributed by atoms with Crippen LogP contribution in [0.1, 0.15) is 16.7 Å². The van der Waals surface area contributed by atoms with Crippen molar-refractivity contribution in [3.63, 3.8) is 0 Å². The number of guanidine groups is 1. The number of aliphatic imine (C=N–C) groups is 1. The Morgan fingerprint density at radius 1 is 0.821 bits per heavy atom. The number of carbonyl (C=O) groups excluding carboxylic acids is 1. The first-order chi connectivity index (χ1) is 18.7. The fourth-order valence-corrected chi connectivity index (χ4v) is 4.51. The summed E-state index contributed by atoms with van der Waals surface area (Å²) in [6.07, 6.45) is -2.33. The second-order valence-electron chi connectivity index (χ2n) is 9.17. The van der Waals surface area contributed by atoms with Gasteiger partial charge in [-0.2, -0.15) is 0 Å². The van der Waals surface area contributed by atoms with Crippen LogP contribution in [-0.2, 0) is 38.8 Å². The zero-order chi connectivity index (χ0) is 26.2. The Morgan fingerprint density at radius 2 is 1.33 bits per heavy atom. The van der Waals surface area contributed by atoms with Gasteiger partial charge >= 0.3 is 6.03 Å². The van der Waals surface area contributed by atoms with Crippen LogP contribution in [0.2, 0.25) is 0 Å². The average molecular weight is 553 g/mol. The van der Waals surface area contributed by atoms with Crippen molar-refractivity contribution in [3.8, 4) is 0 Å². The summed E-state index contributed by atoms with van der Waals surface area (Å²) < 4.78 is 25.3. The third-order valence-corrected chi connectivity index (χ3v) is 6.45. The van der Waals surface area contributed by atoms with Gasteiger partial charge in [0.1, 0.15) is 25.0 Å². The summed E-state index contributed by atoms with van der Waals surface area (Å²) in [4.78, 5) is 18.5. The van der Waals surface area contributed by atoms with Gasteiger partial charge in [-0.3, -0.25) is 10.2 Å². The third kappa shape index (κ3) is 7.56. The molecule has 0 saturated carbocycles. The van der Waals surface area contributed by atoms with Gasteiger partial charge in [-0.25, -0.2) is 9.79 Å². The van der Waals surface area contributed by atoms with Crippen molar-refractivity contribution < 1.29 is 23.7 Å². The molecule has 2 amide bonds. The minimum absolute atomic E-state index is 0. The molecule has 206 valence electrons. The highest BCUT2D eigenvalue weighted by Crippen LogP contribution is 2.31. The van der Waals surface area contributed by atoms with Crippen molar-refractivity contribution in [2.75, 3.05) is 13.3 Å². The molecule has 0 bridgehead atoms. The van der Waals surface area contributed by atoms with E-state index in [4.69, 9.17) is 24.7 Å². The molecule has 3 aromatic carbocycles. The molecular weight excluding hydrogens is 520 g/mol. The standard InChI is InChI=1S/C29H32N4O5.ClH/c30-28-31-20-33(29(34)32-28)27-26(37-18-23-14-8-3-9-15-23)25(36-17-22-12-6-2-7-13-22)24(38-27)19-35-16-21-10-4-1-5-11-21;/h1-15,24-27H,16-20H2,(H3,30,31,32,34);1H. The number of nitrogens with two attached hydrogens (primary N) is 1. The van der Waals surface area contributed by atoms with E-state index < -0.39 is 30.6 Å². The number of urea groups is 1. The lowest BCUT2D eigenvalue weighted by Gasteiger charge is -2.33. The monoisotopic (exact) mass is 552 g/mol. The second kappa shape index (κ2) is 14.1. The van der Waals surface area contributed by atoms with Gasteiger partial charge in [0.05, 0.1) is 26.4 Å². The van der Waals surface area contributed by atoms with E-state index in [1.807, 2.05) is 91.0 Å². The van der Waals surface area contributed by atoms with Crippen LogP contribution in [0, 0.1) is 0 Å². The van der Waals surface area contributed by atoms with E-state index in [9.17, 15) is 4.79 Å². The zero-order valence-corrected chi connectivity index (χ0v) is 22.2. The lowest BCUT2D eigenvalue weighted by atomic mass is 10.1. The SMILES string of the molecule is Cl.NC1=NCN(C2OC(COCc3ccccc3)C(OCc3ccccc3)C2OCc2ccccc2)C(=O)N1. The minimum atomic E-state index is -0.748. The molecule has 9 nitrogen and oxygen atoms in total. The van der Waals surface area contributed by atoms with Gasteiger partial charge < -0.3 is 24.7 Å². The number of amides is 2. The summed E-state index contributed by atoms with van der Waals surface area (Å²) in [5, 5.41) is 2.56. The molecule has 3 N–H and O–H groups in total. The number of nitrogens with one attached hydrogen (secondary N) is 1. The molecule has 0 aliphatic carbocycles. The first-order valence-electron chi connectivity index (χ1n) is 12.6. The molecule has 0 aromatic heterocycles. The molecule has 0 radical (unpaired) electrons. The van der Waals surface area contributed by atoms with Gasteiger partial charge in [-0.05, 0) is 16.7 Å². The Labute approximate surface area is 234 Å². The molecule has 39 heavy (non-hydrogen) atoms. The number of hydrogen-bond donors (Lipinski definition) is 2. The molecule has 2 aliphatic rings. The third-order valence-electron chi connectivity index (χ3n) is 6.45. The maximum Gasteiger partial charge on any atom is 0.327 e. The van der Waals surface area contributed by atoms with Crippen LogP contribution in [0.3, 0.4) is 0 Å². The number of rotatable bonds is 11. The molecule has 4 atom stereocenters. The highest BCUT2D eigenvalue weighted by Gasteiger charge is 2.50. The van der Waals surface area contributed by atoms with Gasteiger partial charge in [0.2, 0.25) is 0 Å². The van der Waals surface area contributed by atoms with Crippen molar-refractivity contribution in [1.29, 1.82) is 0 Å². The summed E-state index contributed by atoms with van der Waals surface area (Å²) in [6.45, 7) is 1.43. The fourth-order valence-electron chi connectivity index (χ4n) is 4.51. The van der Waals surface area contributed by atoms with Gasteiger partial charge in [-0.15, -0.1) is 12.4 Å². The van der Waals surface area contributed by atoms with Gasteiger partial charge in [0, 0.05) is 0 Å². The average Bonchev–Trinajstić information content (AvgIpc) is 3.29. The summed E-state index contributed by atoms with van der Waals surface area (Å²) in [5.41, 5.74) is 8.80. The van der Waals surface area contributed by atoms with Crippen molar-refractivity contribution >= 4 is 24.4 Å². The van der Waals surface area contributed by atoms with Gasteiger partial charge in [0.15, 0.2) is 12.2 Å². The molecule has 2 heterocycles. The van der Waals surface area contributed by atoms with E-state index in [1.165, 1.54) is 4.90 Å². The van der Waals surface area contributed by atoms with Crippen molar-refractivity contribution in [2.45, 2.75) is 44.4 Å². The largest absolute Gasteiger partial charge is 0.374 e. The molecule has 1 fully saturated rings. The summed E-state index contributed by atoms with van der Waals surface area (Å²) in [6, 6.07) is 29.3. The van der Waals surface area contributed by atoms with E-state index in [-0.39, 0.29) is 31.6 Å². The van der Waals surface area contributed by atoms with Crippen molar-refractivity contribution in [1.82, 2.24) is 10.2 Å². The summed E-state index contributed by atoms with van der Waals surface area (Å²) in [7, 11) is 0. The molecule has 3 aromatic rings. The number of ether oxygens (including phenoxy) is 4. The number of benzene rings is 3. The maximum atomic E-state index is 12.8. The number of nitrogens with zero attached hydrogens (tertiary/aromatic N) is 2. The predicted octanol–water partition coefficient (Wildman–Crippen LogP) is 3.82. The molecule has 2 aliphatic heterocycles. The first kappa shape index (κ1) is 28.5. The molecule has 0 spiro atoms. The molecular formula is C29H33ClN4O5.